The van der Waals surface area contributed by atoms with Crippen molar-refractivity contribution in [3.8, 4) is 11.8 Å². The van der Waals surface area contributed by atoms with E-state index >= 15 is 0 Å². The van der Waals surface area contributed by atoms with Crippen molar-refractivity contribution in [1.82, 2.24) is 4.31 Å². The molecule has 1 aromatic rings. The van der Waals surface area contributed by atoms with Crippen LogP contribution >= 0.6 is 0 Å². The van der Waals surface area contributed by atoms with Gasteiger partial charge in [0.05, 0.1) is 5.75 Å². The quantitative estimate of drug-likeness (QED) is 0.841. The number of nitrogens with zero attached hydrogens (tertiary/aromatic N) is 1. The van der Waals surface area contributed by atoms with E-state index in [0.29, 0.717) is 6.54 Å². The molecule has 0 amide bonds. The van der Waals surface area contributed by atoms with Crippen LogP contribution in [-0.4, -0.2) is 36.7 Å². The lowest BCUT2D eigenvalue weighted by Crippen LogP contribution is -2.39. The maximum absolute atomic E-state index is 12.1. The summed E-state index contributed by atoms with van der Waals surface area (Å²) in [6.07, 6.45) is 1.67. The van der Waals surface area contributed by atoms with E-state index in [9.17, 15) is 8.42 Å². The number of hydrogen-bond donors (Lipinski definition) is 1. The molecule has 2 rings (SSSR count). The van der Waals surface area contributed by atoms with E-state index in [1.165, 1.54) is 0 Å². The predicted molar refractivity (Wildman–Crippen MR) is 78.5 cm³/mol. The Morgan fingerprint density at radius 2 is 2.00 bits per heavy atom. The molecule has 0 aliphatic carbocycles. The fourth-order valence-corrected chi connectivity index (χ4v) is 4.21. The Kier molecular flexibility index (Phi) is 4.81. The molecule has 1 heterocycles. The third kappa shape index (κ3) is 3.40. The summed E-state index contributed by atoms with van der Waals surface area (Å²) in [5.74, 6) is 5.66. The third-order valence-electron chi connectivity index (χ3n) is 3.52. The zero-order valence-corrected chi connectivity index (χ0v) is 12.4. The summed E-state index contributed by atoms with van der Waals surface area (Å²) in [5.41, 5.74) is 1.78. The summed E-state index contributed by atoms with van der Waals surface area (Å²) in [6, 6.07) is 7.35. The summed E-state index contributed by atoms with van der Waals surface area (Å²) in [7, 11) is -3.12. The van der Waals surface area contributed by atoms with Gasteiger partial charge in [0, 0.05) is 18.2 Å². The second kappa shape index (κ2) is 6.40. The van der Waals surface area contributed by atoms with Crippen molar-refractivity contribution >= 4 is 10.0 Å². The van der Waals surface area contributed by atoms with Gasteiger partial charge in [0.2, 0.25) is 10.0 Å². The topological polar surface area (TPSA) is 57.6 Å². The lowest BCUT2D eigenvalue weighted by atomic mass is 10.1. The molecule has 4 nitrogen and oxygen atoms in total. The molecule has 1 saturated heterocycles. The summed E-state index contributed by atoms with van der Waals surface area (Å²) >= 11 is 0. The van der Waals surface area contributed by atoms with Gasteiger partial charge in [-0.05, 0) is 37.5 Å². The zero-order chi connectivity index (χ0) is 14.6. The van der Waals surface area contributed by atoms with Gasteiger partial charge < -0.3 is 5.11 Å². The van der Waals surface area contributed by atoms with Crippen LogP contribution in [0.1, 0.15) is 36.9 Å². The number of benzene rings is 1. The molecule has 1 atom stereocenters. The summed E-state index contributed by atoms with van der Waals surface area (Å²) in [6.45, 7) is 2.34. The number of aliphatic hydroxyl groups excluding tert-OH is 1. The van der Waals surface area contributed by atoms with E-state index in [2.05, 4.69) is 11.8 Å². The van der Waals surface area contributed by atoms with Crippen molar-refractivity contribution in [1.29, 1.82) is 0 Å². The van der Waals surface area contributed by atoms with Crippen LogP contribution in [0.4, 0.5) is 0 Å². The molecule has 1 N–H and O–H groups in total. The van der Waals surface area contributed by atoms with Crippen LogP contribution in [0.2, 0.25) is 0 Å². The van der Waals surface area contributed by atoms with E-state index in [0.717, 1.165) is 24.0 Å². The fourth-order valence-electron chi connectivity index (χ4n) is 2.40. The third-order valence-corrected chi connectivity index (χ3v) is 5.54. The molecular formula is C15H19NO3S. The van der Waals surface area contributed by atoms with Gasteiger partial charge in [0.1, 0.15) is 6.61 Å². The van der Waals surface area contributed by atoms with Gasteiger partial charge in [0.25, 0.3) is 0 Å². The summed E-state index contributed by atoms with van der Waals surface area (Å²) < 4.78 is 25.7. The average molecular weight is 293 g/mol. The average Bonchev–Trinajstić information content (AvgIpc) is 2.44. The van der Waals surface area contributed by atoms with Crippen molar-refractivity contribution in [3.63, 3.8) is 0 Å². The first kappa shape index (κ1) is 15.0. The predicted octanol–water partition coefficient (Wildman–Crippen LogP) is 1.52. The molecule has 1 aromatic carbocycles. The standard InChI is InChI=1S/C15H19NO3S/c1-13(16-10-2-3-12-20(16,18)19)15-8-6-14(7-9-15)5-4-11-17/h6-9,13,17H,2-3,10-12H2,1H3. The Morgan fingerprint density at radius 1 is 1.30 bits per heavy atom. The Labute approximate surface area is 120 Å². The zero-order valence-electron chi connectivity index (χ0n) is 11.5. The van der Waals surface area contributed by atoms with Crippen LogP contribution in [-0.2, 0) is 10.0 Å². The maximum Gasteiger partial charge on any atom is 0.214 e. The maximum atomic E-state index is 12.1. The van der Waals surface area contributed by atoms with Gasteiger partial charge in [-0.1, -0.05) is 24.0 Å². The molecule has 1 aliphatic heterocycles. The lowest BCUT2D eigenvalue weighted by Gasteiger charge is -2.31. The molecule has 5 heteroatoms. The van der Waals surface area contributed by atoms with Gasteiger partial charge in [-0.3, -0.25) is 0 Å². The second-order valence-electron chi connectivity index (χ2n) is 4.89. The minimum absolute atomic E-state index is 0.153. The molecule has 20 heavy (non-hydrogen) atoms. The SMILES string of the molecule is CC(c1ccc(C#CCO)cc1)N1CCCCS1(=O)=O. The van der Waals surface area contributed by atoms with Crippen LogP contribution in [0.5, 0.6) is 0 Å². The van der Waals surface area contributed by atoms with Crippen LogP contribution in [0, 0.1) is 11.8 Å². The highest BCUT2D eigenvalue weighted by molar-refractivity contribution is 7.89. The lowest BCUT2D eigenvalue weighted by molar-refractivity contribution is 0.322. The van der Waals surface area contributed by atoms with Crippen LogP contribution in [0.25, 0.3) is 0 Å². The van der Waals surface area contributed by atoms with Crippen molar-refractivity contribution in [3.05, 3.63) is 35.4 Å². The van der Waals surface area contributed by atoms with E-state index in [1.54, 1.807) is 4.31 Å². The Balaban J connectivity index is 2.18. The number of aliphatic hydroxyl groups is 1. The first-order chi connectivity index (χ1) is 9.54. The van der Waals surface area contributed by atoms with E-state index < -0.39 is 10.0 Å². The largest absolute Gasteiger partial charge is 0.384 e. The molecular weight excluding hydrogens is 274 g/mol. The van der Waals surface area contributed by atoms with Gasteiger partial charge in [-0.15, -0.1) is 0 Å². The van der Waals surface area contributed by atoms with Crippen LogP contribution in [0.15, 0.2) is 24.3 Å². The molecule has 1 fully saturated rings. The highest BCUT2D eigenvalue weighted by Gasteiger charge is 2.30. The smallest absolute Gasteiger partial charge is 0.214 e. The normalized spacial score (nSPS) is 19.9. The van der Waals surface area contributed by atoms with Crippen LogP contribution in [0.3, 0.4) is 0 Å². The van der Waals surface area contributed by atoms with E-state index in [1.807, 2.05) is 31.2 Å². The fraction of sp³-hybridized carbons (Fsp3) is 0.467. The van der Waals surface area contributed by atoms with Gasteiger partial charge in [-0.2, -0.15) is 4.31 Å². The summed E-state index contributed by atoms with van der Waals surface area (Å²) in [5, 5.41) is 8.65. The molecule has 0 bridgehead atoms. The molecule has 0 saturated carbocycles. The molecule has 0 spiro atoms. The number of hydrogen-bond acceptors (Lipinski definition) is 3. The molecule has 1 aliphatic rings. The molecule has 108 valence electrons. The van der Waals surface area contributed by atoms with Gasteiger partial charge >= 0.3 is 0 Å². The van der Waals surface area contributed by atoms with Crippen molar-refractivity contribution in [2.75, 3.05) is 18.9 Å². The number of rotatable bonds is 2. The highest BCUT2D eigenvalue weighted by atomic mass is 32.2. The van der Waals surface area contributed by atoms with E-state index in [-0.39, 0.29) is 18.4 Å². The number of sulfonamides is 1. The molecule has 1 unspecified atom stereocenters. The molecule has 0 aromatic heterocycles. The minimum Gasteiger partial charge on any atom is -0.384 e. The first-order valence-corrected chi connectivity index (χ1v) is 8.35. The Morgan fingerprint density at radius 3 is 2.60 bits per heavy atom. The van der Waals surface area contributed by atoms with Crippen molar-refractivity contribution in [2.24, 2.45) is 0 Å². The Hall–Kier alpha value is -1.35. The van der Waals surface area contributed by atoms with Crippen LogP contribution < -0.4 is 0 Å². The van der Waals surface area contributed by atoms with Crippen molar-refractivity contribution < 1.29 is 13.5 Å². The molecule has 0 radical (unpaired) electrons. The van der Waals surface area contributed by atoms with Gasteiger partial charge in [-0.25, -0.2) is 8.42 Å². The van der Waals surface area contributed by atoms with Crippen molar-refractivity contribution in [2.45, 2.75) is 25.8 Å². The highest BCUT2D eigenvalue weighted by Crippen LogP contribution is 2.27. The minimum atomic E-state index is -3.12. The monoisotopic (exact) mass is 293 g/mol. The second-order valence-corrected chi connectivity index (χ2v) is 6.93. The Bertz CT molecular complexity index is 611. The summed E-state index contributed by atoms with van der Waals surface area (Å²) in [4.78, 5) is 0. The van der Waals surface area contributed by atoms with Gasteiger partial charge in [0.15, 0.2) is 0 Å². The van der Waals surface area contributed by atoms with E-state index in [4.69, 9.17) is 5.11 Å². The first-order valence-electron chi connectivity index (χ1n) is 6.74.